The number of piperazine rings is 1. The van der Waals surface area contributed by atoms with Crippen LogP contribution in [-0.2, 0) is 0 Å². The first-order valence-electron chi connectivity index (χ1n) is 10.8. The average Bonchev–Trinajstić information content (AvgIpc) is 2.80. The van der Waals surface area contributed by atoms with E-state index in [1.807, 2.05) is 6.92 Å². The molecule has 6 nitrogen and oxygen atoms in total. The number of methoxy groups -OCH3 is 1. The number of hydrogen-bond acceptors (Lipinski definition) is 5. The molecule has 0 unspecified atom stereocenters. The van der Waals surface area contributed by atoms with Crippen molar-refractivity contribution in [3.8, 4) is 11.5 Å². The molecule has 2 aromatic rings. The fourth-order valence-electron chi connectivity index (χ4n) is 3.72. The molecule has 0 radical (unpaired) electrons. The van der Waals surface area contributed by atoms with E-state index in [2.05, 4.69) is 45.4 Å². The molecule has 0 atom stereocenters. The molecular formula is C24H33N3O3. The van der Waals surface area contributed by atoms with Crippen LogP contribution in [0.4, 0.5) is 5.69 Å². The summed E-state index contributed by atoms with van der Waals surface area (Å²) in [6.45, 7) is 8.52. The van der Waals surface area contributed by atoms with E-state index in [-0.39, 0.29) is 5.91 Å². The molecule has 162 valence electrons. The fourth-order valence-corrected chi connectivity index (χ4v) is 3.72. The van der Waals surface area contributed by atoms with Crippen molar-refractivity contribution in [1.82, 2.24) is 10.2 Å². The van der Waals surface area contributed by atoms with Crippen molar-refractivity contribution in [2.75, 3.05) is 57.9 Å². The summed E-state index contributed by atoms with van der Waals surface area (Å²) in [6.07, 6.45) is 2.05. The van der Waals surface area contributed by atoms with Gasteiger partial charge in [-0.25, -0.2) is 0 Å². The van der Waals surface area contributed by atoms with Gasteiger partial charge in [0.1, 0.15) is 0 Å². The Morgan fingerprint density at radius 3 is 2.47 bits per heavy atom. The number of nitrogens with zero attached hydrogens (tertiary/aromatic N) is 2. The lowest BCUT2D eigenvalue weighted by Crippen LogP contribution is -2.46. The summed E-state index contributed by atoms with van der Waals surface area (Å²) in [6, 6.07) is 15.9. The third-order valence-corrected chi connectivity index (χ3v) is 5.41. The van der Waals surface area contributed by atoms with Crippen molar-refractivity contribution in [3.05, 3.63) is 54.1 Å². The van der Waals surface area contributed by atoms with Crippen molar-refractivity contribution in [1.29, 1.82) is 0 Å². The number of amides is 1. The Bertz CT molecular complexity index is 790. The van der Waals surface area contributed by atoms with E-state index in [1.54, 1.807) is 25.3 Å². The zero-order valence-electron chi connectivity index (χ0n) is 18.1. The van der Waals surface area contributed by atoms with Gasteiger partial charge in [-0.2, -0.15) is 0 Å². The molecule has 2 aromatic carbocycles. The van der Waals surface area contributed by atoms with Crippen LogP contribution in [0.3, 0.4) is 0 Å². The second kappa shape index (κ2) is 11.5. The molecular weight excluding hydrogens is 378 g/mol. The number of nitrogens with one attached hydrogen (secondary N) is 1. The third-order valence-electron chi connectivity index (χ3n) is 5.41. The Kier molecular flexibility index (Phi) is 8.39. The monoisotopic (exact) mass is 411 g/mol. The summed E-state index contributed by atoms with van der Waals surface area (Å²) in [5, 5.41) is 3.01. The Balaban J connectivity index is 1.34. The van der Waals surface area contributed by atoms with E-state index in [0.717, 1.165) is 45.6 Å². The van der Waals surface area contributed by atoms with Crippen LogP contribution in [0.15, 0.2) is 48.5 Å². The van der Waals surface area contributed by atoms with Gasteiger partial charge in [-0.3, -0.25) is 9.69 Å². The van der Waals surface area contributed by atoms with Crippen LogP contribution in [0.25, 0.3) is 0 Å². The number of hydrogen-bond donors (Lipinski definition) is 1. The minimum atomic E-state index is -0.0740. The first-order valence-corrected chi connectivity index (χ1v) is 10.8. The predicted molar refractivity (Wildman–Crippen MR) is 121 cm³/mol. The van der Waals surface area contributed by atoms with Crippen molar-refractivity contribution in [2.45, 2.75) is 19.8 Å². The first kappa shape index (κ1) is 22.0. The number of rotatable bonds is 10. The Hall–Kier alpha value is -2.73. The molecule has 1 aliphatic heterocycles. The maximum atomic E-state index is 12.4. The van der Waals surface area contributed by atoms with E-state index in [9.17, 15) is 4.79 Å². The molecule has 3 rings (SSSR count). The highest BCUT2D eigenvalue weighted by molar-refractivity contribution is 5.94. The molecule has 1 heterocycles. The van der Waals surface area contributed by atoms with Gasteiger partial charge in [-0.1, -0.05) is 18.2 Å². The van der Waals surface area contributed by atoms with Crippen LogP contribution in [0, 0.1) is 0 Å². The van der Waals surface area contributed by atoms with Crippen molar-refractivity contribution in [2.24, 2.45) is 0 Å². The molecule has 0 bridgehead atoms. The molecule has 0 aromatic heterocycles. The summed E-state index contributed by atoms with van der Waals surface area (Å²) < 4.78 is 10.8. The van der Waals surface area contributed by atoms with Crippen molar-refractivity contribution in [3.63, 3.8) is 0 Å². The summed E-state index contributed by atoms with van der Waals surface area (Å²) in [5.74, 6) is 1.16. The standard InChI is InChI=1S/C24H33N3O3/c1-3-30-23-19-20(11-12-22(23)29-2)24(28)25-13-7-8-14-26-15-17-27(18-16-26)21-9-5-4-6-10-21/h4-6,9-12,19H,3,7-8,13-18H2,1-2H3,(H,25,28). The molecule has 6 heteroatoms. The van der Waals surface area contributed by atoms with Gasteiger partial charge in [0.25, 0.3) is 5.91 Å². The molecule has 1 saturated heterocycles. The van der Waals surface area contributed by atoms with Gasteiger partial charge in [-0.05, 0) is 56.6 Å². The van der Waals surface area contributed by atoms with E-state index >= 15 is 0 Å². The third kappa shape index (κ3) is 6.13. The topological polar surface area (TPSA) is 54.0 Å². The predicted octanol–water partition coefficient (Wildman–Crippen LogP) is 3.43. The van der Waals surface area contributed by atoms with Crippen LogP contribution in [0.1, 0.15) is 30.1 Å². The minimum absolute atomic E-state index is 0.0740. The number of anilines is 1. The zero-order chi connectivity index (χ0) is 21.2. The maximum Gasteiger partial charge on any atom is 0.251 e. The second-order valence-corrected chi connectivity index (χ2v) is 7.43. The molecule has 0 aliphatic carbocycles. The zero-order valence-corrected chi connectivity index (χ0v) is 18.1. The number of benzene rings is 2. The van der Waals surface area contributed by atoms with Gasteiger partial charge in [-0.15, -0.1) is 0 Å². The van der Waals surface area contributed by atoms with Gasteiger partial charge in [0.15, 0.2) is 11.5 Å². The van der Waals surface area contributed by atoms with Gasteiger partial charge in [0.2, 0.25) is 0 Å². The highest BCUT2D eigenvalue weighted by Gasteiger charge is 2.16. The summed E-state index contributed by atoms with van der Waals surface area (Å²) in [4.78, 5) is 17.4. The summed E-state index contributed by atoms with van der Waals surface area (Å²) >= 11 is 0. The number of carbonyl (C=O) groups is 1. The number of para-hydroxylation sites is 1. The van der Waals surface area contributed by atoms with Gasteiger partial charge >= 0.3 is 0 Å². The highest BCUT2D eigenvalue weighted by Crippen LogP contribution is 2.28. The first-order chi connectivity index (χ1) is 14.7. The lowest BCUT2D eigenvalue weighted by molar-refractivity contribution is 0.0952. The highest BCUT2D eigenvalue weighted by atomic mass is 16.5. The molecule has 0 saturated carbocycles. The minimum Gasteiger partial charge on any atom is -0.493 e. The van der Waals surface area contributed by atoms with Crippen molar-refractivity contribution < 1.29 is 14.3 Å². The van der Waals surface area contributed by atoms with E-state index in [0.29, 0.717) is 30.2 Å². The molecule has 1 N–H and O–H groups in total. The summed E-state index contributed by atoms with van der Waals surface area (Å²) in [5.41, 5.74) is 1.90. The molecule has 30 heavy (non-hydrogen) atoms. The fraction of sp³-hybridized carbons (Fsp3) is 0.458. The van der Waals surface area contributed by atoms with E-state index < -0.39 is 0 Å². The molecule has 1 amide bonds. The average molecular weight is 412 g/mol. The van der Waals surface area contributed by atoms with Crippen molar-refractivity contribution >= 4 is 11.6 Å². The summed E-state index contributed by atoms with van der Waals surface area (Å²) in [7, 11) is 1.60. The molecule has 1 fully saturated rings. The van der Waals surface area contributed by atoms with Gasteiger partial charge in [0, 0.05) is 44.0 Å². The maximum absolute atomic E-state index is 12.4. The van der Waals surface area contributed by atoms with Crippen LogP contribution in [0.5, 0.6) is 11.5 Å². The number of carbonyl (C=O) groups excluding carboxylic acids is 1. The Morgan fingerprint density at radius 1 is 1.00 bits per heavy atom. The quantitative estimate of drug-likeness (QED) is 0.607. The second-order valence-electron chi connectivity index (χ2n) is 7.43. The van der Waals surface area contributed by atoms with Crippen LogP contribution >= 0.6 is 0 Å². The van der Waals surface area contributed by atoms with Crippen LogP contribution in [-0.4, -0.2) is 63.8 Å². The number of ether oxygens (including phenoxy) is 2. The molecule has 0 spiro atoms. The lowest BCUT2D eigenvalue weighted by atomic mass is 10.2. The normalized spacial score (nSPS) is 14.4. The van der Waals surface area contributed by atoms with E-state index in [1.165, 1.54) is 5.69 Å². The smallest absolute Gasteiger partial charge is 0.251 e. The van der Waals surface area contributed by atoms with Crippen LogP contribution < -0.4 is 19.7 Å². The van der Waals surface area contributed by atoms with E-state index in [4.69, 9.17) is 9.47 Å². The van der Waals surface area contributed by atoms with Crippen LogP contribution in [0.2, 0.25) is 0 Å². The largest absolute Gasteiger partial charge is 0.493 e. The van der Waals surface area contributed by atoms with Gasteiger partial charge in [0.05, 0.1) is 13.7 Å². The SMILES string of the molecule is CCOc1cc(C(=O)NCCCCN2CCN(c3ccccc3)CC2)ccc1OC. The van der Waals surface area contributed by atoms with Gasteiger partial charge < -0.3 is 19.7 Å². The lowest BCUT2D eigenvalue weighted by Gasteiger charge is -2.36. The molecule has 1 aliphatic rings. The Morgan fingerprint density at radius 2 is 1.77 bits per heavy atom. The Labute approximate surface area is 179 Å². The number of unbranched alkanes of at least 4 members (excludes halogenated alkanes) is 1.